The lowest BCUT2D eigenvalue weighted by Gasteiger charge is -2.32. The fraction of sp³-hybridized carbons (Fsp3) is 0.350. The van der Waals surface area contributed by atoms with Crippen LogP contribution in [0.25, 0.3) is 11.1 Å². The molecule has 9 heteroatoms. The molecule has 0 aliphatic carbocycles. The third kappa shape index (κ3) is 3.56. The molecule has 3 aromatic rings. The van der Waals surface area contributed by atoms with E-state index in [4.69, 9.17) is 4.52 Å². The topological polar surface area (TPSA) is 59.2 Å². The second-order valence-electron chi connectivity index (χ2n) is 7.09. The summed E-state index contributed by atoms with van der Waals surface area (Å²) in [6.45, 7) is 2.04. The summed E-state index contributed by atoms with van der Waals surface area (Å²) in [5.41, 5.74) is -0.573. The number of pyridine rings is 1. The van der Waals surface area contributed by atoms with E-state index in [-0.39, 0.29) is 34.0 Å². The van der Waals surface area contributed by atoms with Crippen LogP contribution in [0.1, 0.15) is 46.1 Å². The van der Waals surface area contributed by atoms with Gasteiger partial charge in [-0.3, -0.25) is 4.79 Å². The normalized spacial score (nSPS) is 15.8. The maximum Gasteiger partial charge on any atom is 0.417 e. The molecule has 2 aromatic heterocycles. The van der Waals surface area contributed by atoms with E-state index in [1.54, 1.807) is 6.07 Å². The van der Waals surface area contributed by atoms with Crippen molar-refractivity contribution >= 4 is 17.0 Å². The van der Waals surface area contributed by atoms with Crippen molar-refractivity contribution in [2.24, 2.45) is 0 Å². The molecule has 1 saturated heterocycles. The molecule has 4 rings (SSSR count). The van der Waals surface area contributed by atoms with Gasteiger partial charge in [0.25, 0.3) is 11.6 Å². The van der Waals surface area contributed by atoms with Gasteiger partial charge in [0.2, 0.25) is 0 Å². The smallest absolute Gasteiger partial charge is 0.339 e. The van der Waals surface area contributed by atoms with Crippen LogP contribution in [0, 0.1) is 12.7 Å². The highest BCUT2D eigenvalue weighted by molar-refractivity contribution is 5.94. The summed E-state index contributed by atoms with van der Waals surface area (Å²) < 4.78 is 59.4. The predicted molar refractivity (Wildman–Crippen MR) is 95.8 cm³/mol. The predicted octanol–water partition coefficient (Wildman–Crippen LogP) is 4.71. The SMILES string of the molecule is Cc1noc2nc(C3CCN(C(=O)c4ccccc4F)CC3)cc(C(F)(F)F)c12. The zero-order chi connectivity index (χ0) is 20.8. The molecule has 0 atom stereocenters. The first-order valence-corrected chi connectivity index (χ1v) is 9.13. The number of piperidine rings is 1. The molecule has 3 heterocycles. The van der Waals surface area contributed by atoms with Crippen LogP contribution in [0.5, 0.6) is 0 Å². The van der Waals surface area contributed by atoms with Crippen molar-refractivity contribution in [2.75, 3.05) is 13.1 Å². The minimum absolute atomic E-state index is 0.0120. The van der Waals surface area contributed by atoms with Crippen molar-refractivity contribution in [1.82, 2.24) is 15.0 Å². The summed E-state index contributed by atoms with van der Waals surface area (Å²) in [5, 5.41) is 3.48. The number of halogens is 4. The number of amides is 1. The van der Waals surface area contributed by atoms with Crippen molar-refractivity contribution in [3.05, 3.63) is 58.7 Å². The van der Waals surface area contributed by atoms with Crippen LogP contribution in [0.4, 0.5) is 17.6 Å². The summed E-state index contributed by atoms with van der Waals surface area (Å²) >= 11 is 0. The first-order chi connectivity index (χ1) is 13.8. The molecule has 0 bridgehead atoms. The zero-order valence-corrected chi connectivity index (χ0v) is 15.5. The van der Waals surface area contributed by atoms with Gasteiger partial charge >= 0.3 is 6.18 Å². The van der Waals surface area contributed by atoms with Crippen LogP contribution in [0.2, 0.25) is 0 Å². The monoisotopic (exact) mass is 407 g/mol. The highest BCUT2D eigenvalue weighted by Gasteiger charge is 2.37. The quantitative estimate of drug-likeness (QED) is 0.578. The van der Waals surface area contributed by atoms with E-state index >= 15 is 0 Å². The summed E-state index contributed by atoms with van der Waals surface area (Å²) in [5.74, 6) is -1.29. The van der Waals surface area contributed by atoms with E-state index in [0.717, 1.165) is 6.07 Å². The number of nitrogens with zero attached hydrogens (tertiary/aromatic N) is 3. The molecular weight excluding hydrogens is 390 g/mol. The average Bonchev–Trinajstić information content (AvgIpc) is 3.07. The Labute approximate surface area is 163 Å². The summed E-state index contributed by atoms with van der Waals surface area (Å²) in [6.07, 6.45) is -3.72. The third-order valence-electron chi connectivity index (χ3n) is 5.25. The Kier molecular flexibility index (Phi) is 4.76. The van der Waals surface area contributed by atoms with E-state index < -0.39 is 23.5 Å². The fourth-order valence-corrected chi connectivity index (χ4v) is 3.73. The fourth-order valence-electron chi connectivity index (χ4n) is 3.73. The Balaban J connectivity index is 1.57. The first-order valence-electron chi connectivity index (χ1n) is 9.13. The summed E-state index contributed by atoms with van der Waals surface area (Å²) in [6, 6.07) is 6.77. The number of fused-ring (bicyclic) bond motifs is 1. The number of rotatable bonds is 2. The third-order valence-corrected chi connectivity index (χ3v) is 5.25. The Hall–Kier alpha value is -2.97. The van der Waals surface area contributed by atoms with Gasteiger partial charge in [0.15, 0.2) is 0 Å². The van der Waals surface area contributed by atoms with Crippen molar-refractivity contribution in [2.45, 2.75) is 31.9 Å². The molecule has 0 radical (unpaired) electrons. The van der Waals surface area contributed by atoms with Gasteiger partial charge in [0.05, 0.1) is 22.2 Å². The summed E-state index contributed by atoms with van der Waals surface area (Å²) in [4.78, 5) is 18.3. The van der Waals surface area contributed by atoms with Gasteiger partial charge in [-0.25, -0.2) is 9.37 Å². The first kappa shape index (κ1) is 19.4. The van der Waals surface area contributed by atoms with Crippen molar-refractivity contribution in [3.63, 3.8) is 0 Å². The molecule has 1 aromatic carbocycles. The molecule has 0 saturated carbocycles. The number of likely N-dealkylation sites (tertiary alicyclic amines) is 1. The van der Waals surface area contributed by atoms with Gasteiger partial charge in [-0.05, 0) is 38.0 Å². The Bertz CT molecular complexity index is 1070. The van der Waals surface area contributed by atoms with E-state index in [9.17, 15) is 22.4 Å². The second kappa shape index (κ2) is 7.13. The lowest BCUT2D eigenvalue weighted by Crippen LogP contribution is -2.38. The number of benzene rings is 1. The number of carbonyl (C=O) groups is 1. The zero-order valence-electron chi connectivity index (χ0n) is 15.5. The maximum absolute atomic E-state index is 13.9. The minimum atomic E-state index is -4.56. The summed E-state index contributed by atoms with van der Waals surface area (Å²) in [7, 11) is 0. The highest BCUT2D eigenvalue weighted by Crippen LogP contribution is 2.39. The molecule has 1 amide bonds. The highest BCUT2D eigenvalue weighted by atomic mass is 19.4. The van der Waals surface area contributed by atoms with Gasteiger partial charge in [-0.2, -0.15) is 13.2 Å². The van der Waals surface area contributed by atoms with Crippen molar-refractivity contribution in [3.8, 4) is 0 Å². The molecule has 1 fully saturated rings. The molecule has 1 aliphatic heterocycles. The van der Waals surface area contributed by atoms with Gasteiger partial charge < -0.3 is 9.42 Å². The molecule has 1 aliphatic rings. The number of aromatic nitrogens is 2. The van der Waals surface area contributed by atoms with E-state index in [0.29, 0.717) is 25.9 Å². The molecule has 5 nitrogen and oxygen atoms in total. The van der Waals surface area contributed by atoms with Crippen LogP contribution in [-0.4, -0.2) is 34.0 Å². The number of aryl methyl sites for hydroxylation is 1. The van der Waals surface area contributed by atoms with Crippen molar-refractivity contribution < 1.29 is 26.9 Å². The second-order valence-corrected chi connectivity index (χ2v) is 7.09. The standard InChI is InChI=1S/C20H17F4N3O2/c1-11-17-14(20(22,23)24)10-16(25-18(17)29-26-11)12-6-8-27(9-7-12)19(28)13-4-2-3-5-15(13)21/h2-5,10,12H,6-9H2,1H3. The van der Waals surface area contributed by atoms with E-state index in [2.05, 4.69) is 10.1 Å². The van der Waals surface area contributed by atoms with Crippen LogP contribution in [-0.2, 0) is 6.18 Å². The Morgan fingerprint density at radius 3 is 2.55 bits per heavy atom. The molecular formula is C20H17F4N3O2. The molecule has 0 spiro atoms. The van der Waals surface area contributed by atoms with Gasteiger partial charge in [-0.15, -0.1) is 0 Å². The van der Waals surface area contributed by atoms with Crippen molar-refractivity contribution in [1.29, 1.82) is 0 Å². The van der Waals surface area contributed by atoms with E-state index in [1.165, 1.54) is 30.0 Å². The van der Waals surface area contributed by atoms with Crippen LogP contribution in [0.15, 0.2) is 34.9 Å². The van der Waals surface area contributed by atoms with Crippen LogP contribution < -0.4 is 0 Å². The molecule has 152 valence electrons. The van der Waals surface area contributed by atoms with Crippen LogP contribution in [0.3, 0.4) is 0 Å². The molecule has 29 heavy (non-hydrogen) atoms. The number of alkyl halides is 3. The van der Waals surface area contributed by atoms with Gasteiger partial charge in [0, 0.05) is 24.7 Å². The van der Waals surface area contributed by atoms with Gasteiger partial charge in [-0.1, -0.05) is 17.3 Å². The number of hydrogen-bond donors (Lipinski definition) is 0. The Morgan fingerprint density at radius 1 is 1.21 bits per heavy atom. The van der Waals surface area contributed by atoms with E-state index in [1.807, 2.05) is 0 Å². The number of carbonyl (C=O) groups excluding carboxylic acids is 1. The van der Waals surface area contributed by atoms with Gasteiger partial charge in [0.1, 0.15) is 5.82 Å². The van der Waals surface area contributed by atoms with Crippen LogP contribution >= 0.6 is 0 Å². The maximum atomic E-state index is 13.9. The minimum Gasteiger partial charge on any atom is -0.339 e. The molecule has 0 N–H and O–H groups in total. The lowest BCUT2D eigenvalue weighted by molar-refractivity contribution is -0.136. The lowest BCUT2D eigenvalue weighted by atomic mass is 9.91. The Morgan fingerprint density at radius 2 is 1.90 bits per heavy atom. The molecule has 0 unspecified atom stereocenters. The number of hydrogen-bond acceptors (Lipinski definition) is 4. The average molecular weight is 407 g/mol. The largest absolute Gasteiger partial charge is 0.417 e.